The Kier molecular flexibility index (Phi) is 6.84. The van der Waals surface area contributed by atoms with Gasteiger partial charge in [-0.25, -0.2) is 13.6 Å². The van der Waals surface area contributed by atoms with E-state index in [9.17, 15) is 13.2 Å². The van der Waals surface area contributed by atoms with Crippen LogP contribution in [0, 0.1) is 6.92 Å². The van der Waals surface area contributed by atoms with Crippen molar-refractivity contribution in [3.05, 3.63) is 60.0 Å². The first-order valence-electron chi connectivity index (χ1n) is 10.5. The highest BCUT2D eigenvalue weighted by Crippen LogP contribution is 2.20. The van der Waals surface area contributed by atoms with Crippen LogP contribution in [0.15, 0.2) is 57.9 Å². The minimum atomic E-state index is -3.75. The molecule has 3 N–H and O–H groups in total. The molecule has 0 radical (unpaired) electrons. The van der Waals surface area contributed by atoms with Crippen LogP contribution in [-0.2, 0) is 21.4 Å². The molecule has 0 spiro atoms. The number of benzene rings is 2. The SMILES string of the molecule is Cc1ccccc1-c1noc(CN2CCN(CC(=O)Nc3ccc(S(N)(=O)=O)cc3)CC2)n1. The molecule has 10 nitrogen and oxygen atoms in total. The van der Waals surface area contributed by atoms with Crippen LogP contribution < -0.4 is 10.5 Å². The highest BCUT2D eigenvalue weighted by molar-refractivity contribution is 7.89. The molecular formula is C22H26N6O4S. The number of hydrogen-bond donors (Lipinski definition) is 2. The highest BCUT2D eigenvalue weighted by Gasteiger charge is 2.21. The summed E-state index contributed by atoms with van der Waals surface area (Å²) >= 11 is 0. The number of carbonyl (C=O) groups is 1. The first-order chi connectivity index (χ1) is 15.8. The predicted molar refractivity (Wildman–Crippen MR) is 123 cm³/mol. The molecule has 2 aromatic carbocycles. The third-order valence-electron chi connectivity index (χ3n) is 5.51. The van der Waals surface area contributed by atoms with Gasteiger partial charge >= 0.3 is 0 Å². The normalized spacial score (nSPS) is 15.5. The number of piperazine rings is 1. The lowest BCUT2D eigenvalue weighted by molar-refractivity contribution is -0.117. The number of anilines is 1. The van der Waals surface area contributed by atoms with Gasteiger partial charge in [0.1, 0.15) is 0 Å². The van der Waals surface area contributed by atoms with Crippen molar-refractivity contribution >= 4 is 21.6 Å². The second kappa shape index (κ2) is 9.79. The fourth-order valence-electron chi connectivity index (χ4n) is 3.68. The summed E-state index contributed by atoms with van der Waals surface area (Å²) in [5.41, 5.74) is 2.58. The molecule has 1 aromatic heterocycles. The molecule has 0 saturated carbocycles. The van der Waals surface area contributed by atoms with Crippen LogP contribution in [0.3, 0.4) is 0 Å². The number of amides is 1. The van der Waals surface area contributed by atoms with E-state index in [1.807, 2.05) is 31.2 Å². The second-order valence-corrected chi connectivity index (χ2v) is 9.56. The summed E-state index contributed by atoms with van der Waals surface area (Å²) in [6, 6.07) is 13.7. The predicted octanol–water partition coefficient (Wildman–Crippen LogP) is 1.45. The summed E-state index contributed by atoms with van der Waals surface area (Å²) < 4.78 is 28.1. The molecule has 0 unspecified atom stereocenters. The van der Waals surface area contributed by atoms with Crippen molar-refractivity contribution in [2.45, 2.75) is 18.4 Å². The molecular weight excluding hydrogens is 444 g/mol. The van der Waals surface area contributed by atoms with Crippen molar-refractivity contribution in [2.75, 3.05) is 38.0 Å². The Hall–Kier alpha value is -3.12. The van der Waals surface area contributed by atoms with Gasteiger partial charge in [-0.2, -0.15) is 4.98 Å². The molecule has 0 bridgehead atoms. The van der Waals surface area contributed by atoms with Gasteiger partial charge in [-0.3, -0.25) is 14.6 Å². The molecule has 3 aromatic rings. The van der Waals surface area contributed by atoms with Gasteiger partial charge in [-0.1, -0.05) is 29.4 Å². The number of primary sulfonamides is 1. The van der Waals surface area contributed by atoms with E-state index in [2.05, 4.69) is 25.3 Å². The molecule has 1 aliphatic heterocycles. The minimum absolute atomic E-state index is 0.00360. The minimum Gasteiger partial charge on any atom is -0.338 e. The van der Waals surface area contributed by atoms with Gasteiger partial charge in [0.05, 0.1) is 18.0 Å². The van der Waals surface area contributed by atoms with Crippen molar-refractivity contribution in [1.29, 1.82) is 0 Å². The number of hydrogen-bond acceptors (Lipinski definition) is 8. The van der Waals surface area contributed by atoms with Crippen LogP contribution in [0.4, 0.5) is 5.69 Å². The lowest BCUT2D eigenvalue weighted by Gasteiger charge is -2.33. The van der Waals surface area contributed by atoms with Crippen LogP contribution in [0.1, 0.15) is 11.5 Å². The van der Waals surface area contributed by atoms with Crippen molar-refractivity contribution in [3.8, 4) is 11.4 Å². The molecule has 11 heteroatoms. The fourth-order valence-corrected chi connectivity index (χ4v) is 4.20. The number of nitrogens with two attached hydrogens (primary N) is 1. The first-order valence-corrected chi connectivity index (χ1v) is 12.1. The zero-order chi connectivity index (χ0) is 23.4. The van der Waals surface area contributed by atoms with Gasteiger partial charge in [-0.05, 0) is 36.8 Å². The van der Waals surface area contributed by atoms with Crippen LogP contribution >= 0.6 is 0 Å². The summed E-state index contributed by atoms with van der Waals surface area (Å²) in [4.78, 5) is 21.2. The highest BCUT2D eigenvalue weighted by atomic mass is 32.2. The van der Waals surface area contributed by atoms with Gasteiger partial charge in [0.2, 0.25) is 27.6 Å². The van der Waals surface area contributed by atoms with Crippen molar-refractivity contribution in [1.82, 2.24) is 19.9 Å². The molecule has 2 heterocycles. The summed E-state index contributed by atoms with van der Waals surface area (Å²) in [5, 5.41) is 12.0. The Morgan fingerprint density at radius 1 is 1.06 bits per heavy atom. The lowest BCUT2D eigenvalue weighted by Crippen LogP contribution is -2.48. The van der Waals surface area contributed by atoms with Crippen LogP contribution in [0.5, 0.6) is 0 Å². The van der Waals surface area contributed by atoms with E-state index in [-0.39, 0.29) is 17.3 Å². The average Bonchev–Trinajstić information content (AvgIpc) is 3.23. The summed E-state index contributed by atoms with van der Waals surface area (Å²) in [6.07, 6.45) is 0. The summed E-state index contributed by atoms with van der Waals surface area (Å²) in [5.74, 6) is 1.00. The van der Waals surface area contributed by atoms with E-state index in [0.717, 1.165) is 37.3 Å². The molecule has 0 atom stereocenters. The number of rotatable bonds is 7. The van der Waals surface area contributed by atoms with Crippen LogP contribution in [0.25, 0.3) is 11.4 Å². The van der Waals surface area contributed by atoms with Gasteiger partial charge in [-0.15, -0.1) is 0 Å². The van der Waals surface area contributed by atoms with Crippen LogP contribution in [0.2, 0.25) is 0 Å². The molecule has 0 aliphatic carbocycles. The van der Waals surface area contributed by atoms with E-state index in [1.165, 1.54) is 24.3 Å². The van der Waals surface area contributed by atoms with E-state index in [4.69, 9.17) is 9.66 Å². The van der Waals surface area contributed by atoms with E-state index in [0.29, 0.717) is 23.9 Å². The zero-order valence-electron chi connectivity index (χ0n) is 18.3. The van der Waals surface area contributed by atoms with Gasteiger partial charge in [0, 0.05) is 37.4 Å². The zero-order valence-corrected chi connectivity index (χ0v) is 19.1. The largest absolute Gasteiger partial charge is 0.338 e. The second-order valence-electron chi connectivity index (χ2n) is 8.00. The Balaban J connectivity index is 1.24. The Morgan fingerprint density at radius 2 is 1.73 bits per heavy atom. The molecule has 1 amide bonds. The number of aryl methyl sites for hydroxylation is 1. The van der Waals surface area contributed by atoms with Gasteiger partial charge in [0.15, 0.2) is 0 Å². The molecule has 174 valence electrons. The maximum atomic E-state index is 12.4. The van der Waals surface area contributed by atoms with Crippen LogP contribution in [-0.4, -0.2) is 67.0 Å². The average molecular weight is 471 g/mol. The van der Waals surface area contributed by atoms with Gasteiger partial charge < -0.3 is 9.84 Å². The fraction of sp³-hybridized carbons (Fsp3) is 0.318. The number of carbonyl (C=O) groups excluding carboxylic acids is 1. The molecule has 1 saturated heterocycles. The Labute approximate surface area is 192 Å². The summed E-state index contributed by atoms with van der Waals surface area (Å²) in [7, 11) is -3.75. The van der Waals surface area contributed by atoms with Crippen molar-refractivity contribution in [2.24, 2.45) is 5.14 Å². The molecule has 1 aliphatic rings. The third kappa shape index (κ3) is 6.02. The Bertz CT molecular complexity index is 1220. The topological polar surface area (TPSA) is 135 Å². The van der Waals surface area contributed by atoms with E-state index in [1.54, 1.807) is 0 Å². The molecule has 1 fully saturated rings. The molecule has 4 rings (SSSR count). The summed E-state index contributed by atoms with van der Waals surface area (Å²) in [6.45, 7) is 5.85. The number of sulfonamides is 1. The van der Waals surface area contributed by atoms with E-state index < -0.39 is 10.0 Å². The number of nitrogens with zero attached hydrogens (tertiary/aromatic N) is 4. The maximum absolute atomic E-state index is 12.4. The number of aromatic nitrogens is 2. The monoisotopic (exact) mass is 470 g/mol. The maximum Gasteiger partial charge on any atom is 0.241 e. The first kappa shape index (κ1) is 23.1. The quantitative estimate of drug-likeness (QED) is 0.530. The molecule has 33 heavy (non-hydrogen) atoms. The standard InChI is InChI=1S/C22H26N6O4S/c1-16-4-2-3-5-19(16)22-25-21(32-26-22)15-28-12-10-27(11-13-28)14-20(29)24-17-6-8-18(9-7-17)33(23,30)31/h2-9H,10-15H2,1H3,(H,24,29)(H2,23,30,31). The number of nitrogens with one attached hydrogen (secondary N) is 1. The third-order valence-corrected chi connectivity index (χ3v) is 6.44. The van der Waals surface area contributed by atoms with Crippen molar-refractivity contribution < 1.29 is 17.7 Å². The van der Waals surface area contributed by atoms with Gasteiger partial charge in [0.25, 0.3) is 0 Å². The van der Waals surface area contributed by atoms with E-state index >= 15 is 0 Å². The Morgan fingerprint density at radius 3 is 2.39 bits per heavy atom. The smallest absolute Gasteiger partial charge is 0.241 e. The lowest BCUT2D eigenvalue weighted by atomic mass is 10.1. The van der Waals surface area contributed by atoms with Crippen molar-refractivity contribution in [3.63, 3.8) is 0 Å².